The van der Waals surface area contributed by atoms with Crippen LogP contribution in [0.5, 0.6) is 0 Å². The van der Waals surface area contributed by atoms with Gasteiger partial charge in [-0.05, 0) is 18.7 Å². The quantitative estimate of drug-likeness (QED) is 0.376. The van der Waals surface area contributed by atoms with Crippen LogP contribution in [0.2, 0.25) is 0 Å². The fourth-order valence-electron chi connectivity index (χ4n) is 1.56. The molecule has 100 valence electrons. The van der Waals surface area contributed by atoms with Crippen molar-refractivity contribution in [1.82, 2.24) is 4.90 Å². The van der Waals surface area contributed by atoms with Crippen LogP contribution >= 0.6 is 0 Å². The molecule has 3 N–H and O–H groups in total. The van der Waals surface area contributed by atoms with E-state index >= 15 is 0 Å². The summed E-state index contributed by atoms with van der Waals surface area (Å²) in [6, 6.07) is 6.52. The number of alkyl halides is 3. The van der Waals surface area contributed by atoms with Crippen molar-refractivity contribution in [3.05, 3.63) is 35.4 Å². The highest BCUT2D eigenvalue weighted by molar-refractivity contribution is 5.97. The van der Waals surface area contributed by atoms with E-state index in [1.54, 1.807) is 24.3 Å². The molecule has 0 aliphatic rings. The summed E-state index contributed by atoms with van der Waals surface area (Å²) >= 11 is 0. The minimum Gasteiger partial charge on any atom is -0.409 e. The molecule has 0 amide bonds. The lowest BCUT2D eigenvalue weighted by Gasteiger charge is -2.18. The molecule has 0 bridgehead atoms. The molecular weight excluding hydrogens is 247 g/mol. The van der Waals surface area contributed by atoms with Crippen molar-refractivity contribution in [2.24, 2.45) is 10.9 Å². The van der Waals surface area contributed by atoms with Gasteiger partial charge in [-0.3, -0.25) is 4.90 Å². The fourth-order valence-corrected chi connectivity index (χ4v) is 1.56. The summed E-state index contributed by atoms with van der Waals surface area (Å²) in [6.07, 6.45) is -4.22. The standard InChI is InChI=1S/C11H14F3N3O/c1-17(7-11(12,13)14)6-8-3-2-4-9(5-8)10(15)16-18/h2-5,18H,6-7H2,1H3,(H2,15,16). The lowest BCUT2D eigenvalue weighted by Crippen LogP contribution is -2.30. The Kier molecular flexibility index (Phi) is 4.55. The minimum atomic E-state index is -4.22. The summed E-state index contributed by atoms with van der Waals surface area (Å²) < 4.78 is 36.5. The Balaban J connectivity index is 2.74. The average molecular weight is 261 g/mol. The zero-order chi connectivity index (χ0) is 13.8. The maximum absolute atomic E-state index is 12.2. The van der Waals surface area contributed by atoms with E-state index in [0.29, 0.717) is 11.1 Å². The van der Waals surface area contributed by atoms with E-state index in [4.69, 9.17) is 10.9 Å². The number of nitrogens with zero attached hydrogens (tertiary/aromatic N) is 2. The molecule has 0 radical (unpaired) electrons. The minimum absolute atomic E-state index is 0.0738. The summed E-state index contributed by atoms with van der Waals surface area (Å²) in [4.78, 5) is 1.14. The van der Waals surface area contributed by atoms with Crippen LogP contribution in [0.1, 0.15) is 11.1 Å². The van der Waals surface area contributed by atoms with Crippen LogP contribution in [0.25, 0.3) is 0 Å². The maximum Gasteiger partial charge on any atom is 0.401 e. The number of hydrogen-bond acceptors (Lipinski definition) is 3. The zero-order valence-electron chi connectivity index (χ0n) is 9.78. The highest BCUT2D eigenvalue weighted by atomic mass is 19.4. The van der Waals surface area contributed by atoms with E-state index in [9.17, 15) is 13.2 Å². The molecule has 0 atom stereocenters. The number of hydrogen-bond donors (Lipinski definition) is 2. The fraction of sp³-hybridized carbons (Fsp3) is 0.364. The Morgan fingerprint density at radius 3 is 2.67 bits per heavy atom. The highest BCUT2D eigenvalue weighted by Crippen LogP contribution is 2.17. The molecule has 0 aliphatic carbocycles. The summed E-state index contributed by atoms with van der Waals surface area (Å²) in [5.74, 6) is -0.0738. The molecule has 1 aromatic carbocycles. The summed E-state index contributed by atoms with van der Waals surface area (Å²) in [6.45, 7) is -0.854. The molecule has 1 rings (SSSR count). The van der Waals surface area contributed by atoms with E-state index < -0.39 is 12.7 Å². The maximum atomic E-state index is 12.2. The van der Waals surface area contributed by atoms with Crippen LogP contribution in [0, 0.1) is 0 Å². The molecular formula is C11H14F3N3O. The third kappa shape index (κ3) is 4.62. The predicted molar refractivity (Wildman–Crippen MR) is 61.3 cm³/mol. The molecule has 7 heteroatoms. The first kappa shape index (κ1) is 14.3. The Morgan fingerprint density at radius 2 is 2.11 bits per heavy atom. The van der Waals surface area contributed by atoms with Crippen LogP contribution in [-0.4, -0.2) is 35.7 Å². The van der Waals surface area contributed by atoms with Crippen LogP contribution in [-0.2, 0) is 6.54 Å². The van der Waals surface area contributed by atoms with Gasteiger partial charge in [0.2, 0.25) is 0 Å². The SMILES string of the molecule is CN(Cc1cccc(/C(N)=N/O)c1)CC(F)(F)F. The molecule has 0 saturated carbocycles. The normalized spacial score (nSPS) is 13.1. The average Bonchev–Trinajstić information content (AvgIpc) is 2.25. The predicted octanol–water partition coefficient (Wildman–Crippen LogP) is 1.78. The first-order chi connectivity index (χ1) is 8.31. The molecule has 4 nitrogen and oxygen atoms in total. The molecule has 18 heavy (non-hydrogen) atoms. The Bertz CT molecular complexity index is 432. The lowest BCUT2D eigenvalue weighted by molar-refractivity contribution is -0.144. The van der Waals surface area contributed by atoms with Gasteiger partial charge in [0.1, 0.15) is 0 Å². The van der Waals surface area contributed by atoms with Gasteiger partial charge < -0.3 is 10.9 Å². The second kappa shape index (κ2) is 5.72. The van der Waals surface area contributed by atoms with Crippen LogP contribution in [0.15, 0.2) is 29.4 Å². The molecule has 0 unspecified atom stereocenters. The van der Waals surface area contributed by atoms with Gasteiger partial charge in [0.25, 0.3) is 0 Å². The van der Waals surface area contributed by atoms with Crippen molar-refractivity contribution in [1.29, 1.82) is 0 Å². The van der Waals surface area contributed by atoms with Crippen LogP contribution in [0.4, 0.5) is 13.2 Å². The first-order valence-corrected chi connectivity index (χ1v) is 5.14. The van der Waals surface area contributed by atoms with E-state index in [1.807, 2.05) is 0 Å². The number of benzene rings is 1. The third-order valence-corrected chi connectivity index (χ3v) is 2.23. The monoisotopic (exact) mass is 261 g/mol. The van der Waals surface area contributed by atoms with Crippen molar-refractivity contribution < 1.29 is 18.4 Å². The summed E-state index contributed by atoms with van der Waals surface area (Å²) in [7, 11) is 1.38. The summed E-state index contributed by atoms with van der Waals surface area (Å²) in [5.41, 5.74) is 6.53. The molecule has 0 spiro atoms. The van der Waals surface area contributed by atoms with Crippen molar-refractivity contribution in [3.63, 3.8) is 0 Å². The van der Waals surface area contributed by atoms with E-state index in [2.05, 4.69) is 5.16 Å². The van der Waals surface area contributed by atoms with Crippen LogP contribution < -0.4 is 5.73 Å². The van der Waals surface area contributed by atoms with Gasteiger partial charge in [-0.25, -0.2) is 0 Å². The van der Waals surface area contributed by atoms with Crippen molar-refractivity contribution >= 4 is 5.84 Å². The molecule has 0 aromatic heterocycles. The van der Waals surface area contributed by atoms with Gasteiger partial charge in [0.15, 0.2) is 5.84 Å². The Labute approximate surface area is 102 Å². The molecule has 0 heterocycles. The molecule has 0 fully saturated rings. The number of halogens is 3. The van der Waals surface area contributed by atoms with Crippen LogP contribution in [0.3, 0.4) is 0 Å². The van der Waals surface area contributed by atoms with Gasteiger partial charge in [-0.2, -0.15) is 13.2 Å². The van der Waals surface area contributed by atoms with E-state index in [-0.39, 0.29) is 12.4 Å². The number of nitrogens with two attached hydrogens (primary N) is 1. The van der Waals surface area contributed by atoms with E-state index in [0.717, 1.165) is 4.90 Å². The van der Waals surface area contributed by atoms with Gasteiger partial charge in [-0.1, -0.05) is 23.4 Å². The third-order valence-electron chi connectivity index (χ3n) is 2.23. The number of amidine groups is 1. The van der Waals surface area contributed by atoms with Gasteiger partial charge >= 0.3 is 6.18 Å². The molecule has 1 aromatic rings. The Morgan fingerprint density at radius 1 is 1.44 bits per heavy atom. The lowest BCUT2D eigenvalue weighted by atomic mass is 10.1. The molecule has 0 saturated heterocycles. The highest BCUT2D eigenvalue weighted by Gasteiger charge is 2.29. The first-order valence-electron chi connectivity index (χ1n) is 5.14. The van der Waals surface area contributed by atoms with Gasteiger partial charge in [0, 0.05) is 12.1 Å². The Hall–Kier alpha value is -1.76. The van der Waals surface area contributed by atoms with E-state index in [1.165, 1.54) is 7.05 Å². The van der Waals surface area contributed by atoms with Crippen molar-refractivity contribution in [2.45, 2.75) is 12.7 Å². The van der Waals surface area contributed by atoms with Gasteiger partial charge in [-0.15, -0.1) is 0 Å². The molecule has 0 aliphatic heterocycles. The smallest absolute Gasteiger partial charge is 0.401 e. The number of oxime groups is 1. The second-order valence-electron chi connectivity index (χ2n) is 3.97. The van der Waals surface area contributed by atoms with Crippen molar-refractivity contribution in [2.75, 3.05) is 13.6 Å². The number of rotatable bonds is 4. The largest absolute Gasteiger partial charge is 0.409 e. The van der Waals surface area contributed by atoms with Crippen molar-refractivity contribution in [3.8, 4) is 0 Å². The van der Waals surface area contributed by atoms with Gasteiger partial charge in [0.05, 0.1) is 6.54 Å². The zero-order valence-corrected chi connectivity index (χ0v) is 9.78. The topological polar surface area (TPSA) is 61.8 Å². The second-order valence-corrected chi connectivity index (χ2v) is 3.97. The summed E-state index contributed by atoms with van der Waals surface area (Å²) in [5, 5.41) is 11.4.